The highest BCUT2D eigenvalue weighted by Crippen LogP contribution is 2.21. The second-order valence-corrected chi connectivity index (χ2v) is 6.34. The predicted octanol–water partition coefficient (Wildman–Crippen LogP) is 3.36. The highest BCUT2D eigenvalue weighted by Gasteiger charge is 2.20. The molecular weight excluding hydrogens is 280 g/mol. The second kappa shape index (κ2) is 7.29. The van der Waals surface area contributed by atoms with E-state index in [9.17, 15) is 9.59 Å². The Morgan fingerprint density at radius 3 is 2.45 bits per heavy atom. The summed E-state index contributed by atoms with van der Waals surface area (Å²) in [6.45, 7) is 9.29. The van der Waals surface area contributed by atoms with Gasteiger partial charge in [-0.2, -0.15) is 0 Å². The Labute approximate surface area is 132 Å². The number of rotatable bonds is 4. The maximum atomic E-state index is 12.2. The Balaban J connectivity index is 2.71. The molecule has 0 saturated heterocycles. The van der Waals surface area contributed by atoms with Crippen molar-refractivity contribution in [1.82, 2.24) is 4.90 Å². The van der Waals surface area contributed by atoms with Crippen LogP contribution in [0.15, 0.2) is 18.2 Å². The number of hydrogen-bond donors (Lipinski definition) is 1. The number of urea groups is 1. The minimum Gasteiger partial charge on any atom is -0.459 e. The first kappa shape index (κ1) is 18.0. The van der Waals surface area contributed by atoms with Crippen molar-refractivity contribution >= 4 is 17.7 Å². The Morgan fingerprint density at radius 2 is 1.91 bits per heavy atom. The van der Waals surface area contributed by atoms with Gasteiger partial charge in [-0.25, -0.2) is 4.79 Å². The lowest BCUT2D eigenvalue weighted by molar-refractivity contribution is -0.155. The molecule has 0 atom stereocenters. The maximum absolute atomic E-state index is 12.2. The van der Waals surface area contributed by atoms with Crippen LogP contribution in [-0.4, -0.2) is 36.1 Å². The molecule has 0 heterocycles. The highest BCUT2D eigenvalue weighted by molar-refractivity contribution is 5.92. The SMILES string of the molecule is CCc1cccc(C)c1NC(=O)N(C)CC(=O)OC(C)(C)C. The van der Waals surface area contributed by atoms with Crippen LogP contribution in [0.4, 0.5) is 10.5 Å². The predicted molar refractivity (Wildman–Crippen MR) is 88.1 cm³/mol. The van der Waals surface area contributed by atoms with Gasteiger partial charge in [0.15, 0.2) is 0 Å². The first-order chi connectivity index (χ1) is 10.1. The van der Waals surface area contributed by atoms with Crippen LogP contribution in [0.25, 0.3) is 0 Å². The van der Waals surface area contributed by atoms with E-state index in [1.54, 1.807) is 27.8 Å². The monoisotopic (exact) mass is 306 g/mol. The summed E-state index contributed by atoms with van der Waals surface area (Å²) in [5, 5.41) is 2.88. The molecule has 0 unspecified atom stereocenters. The van der Waals surface area contributed by atoms with Crippen molar-refractivity contribution in [2.75, 3.05) is 18.9 Å². The van der Waals surface area contributed by atoms with Crippen molar-refractivity contribution in [1.29, 1.82) is 0 Å². The molecule has 0 aliphatic rings. The lowest BCUT2D eigenvalue weighted by Gasteiger charge is -2.23. The summed E-state index contributed by atoms with van der Waals surface area (Å²) < 4.78 is 5.22. The van der Waals surface area contributed by atoms with E-state index >= 15 is 0 Å². The van der Waals surface area contributed by atoms with Gasteiger partial charge in [-0.3, -0.25) is 4.79 Å². The molecule has 1 rings (SSSR count). The number of nitrogens with one attached hydrogen (secondary N) is 1. The van der Waals surface area contributed by atoms with Gasteiger partial charge in [-0.1, -0.05) is 25.1 Å². The van der Waals surface area contributed by atoms with Crippen LogP contribution in [-0.2, 0) is 16.0 Å². The molecule has 0 aromatic heterocycles. The molecule has 0 radical (unpaired) electrons. The van der Waals surface area contributed by atoms with Crippen molar-refractivity contribution < 1.29 is 14.3 Å². The van der Waals surface area contributed by atoms with E-state index in [4.69, 9.17) is 4.74 Å². The molecular formula is C17H26N2O3. The van der Waals surface area contributed by atoms with E-state index in [0.29, 0.717) is 0 Å². The van der Waals surface area contributed by atoms with Gasteiger partial charge in [0.1, 0.15) is 12.1 Å². The number of ether oxygens (including phenoxy) is 1. The fourth-order valence-electron chi connectivity index (χ4n) is 2.04. The van der Waals surface area contributed by atoms with Crippen molar-refractivity contribution in [3.05, 3.63) is 29.3 Å². The number of nitrogens with zero attached hydrogens (tertiary/aromatic N) is 1. The zero-order valence-electron chi connectivity index (χ0n) is 14.3. The van der Waals surface area contributed by atoms with Crippen LogP contribution < -0.4 is 5.32 Å². The van der Waals surface area contributed by atoms with Crippen LogP contribution in [0.1, 0.15) is 38.8 Å². The minimum atomic E-state index is -0.556. The third-order valence-electron chi connectivity index (χ3n) is 3.10. The molecule has 0 spiro atoms. The van der Waals surface area contributed by atoms with Gasteiger partial charge in [0.05, 0.1) is 0 Å². The molecule has 0 fully saturated rings. The molecule has 0 aliphatic carbocycles. The minimum absolute atomic E-state index is 0.0869. The number of benzene rings is 1. The first-order valence-electron chi connectivity index (χ1n) is 7.46. The smallest absolute Gasteiger partial charge is 0.326 e. The molecule has 22 heavy (non-hydrogen) atoms. The number of carbonyl (C=O) groups excluding carboxylic acids is 2. The van der Waals surface area contributed by atoms with E-state index in [1.807, 2.05) is 32.0 Å². The van der Waals surface area contributed by atoms with Crippen LogP contribution in [0.5, 0.6) is 0 Å². The molecule has 0 saturated carbocycles. The standard InChI is InChI=1S/C17H26N2O3/c1-7-13-10-8-9-12(2)15(13)18-16(21)19(6)11-14(20)22-17(3,4)5/h8-10H,7,11H2,1-6H3,(H,18,21). The molecule has 1 N–H and O–H groups in total. The van der Waals surface area contributed by atoms with Gasteiger partial charge in [-0.15, -0.1) is 0 Å². The zero-order valence-corrected chi connectivity index (χ0v) is 14.3. The van der Waals surface area contributed by atoms with Gasteiger partial charge >= 0.3 is 12.0 Å². The Kier molecular flexibility index (Phi) is 5.97. The fraction of sp³-hybridized carbons (Fsp3) is 0.529. The van der Waals surface area contributed by atoms with Crippen LogP contribution in [0.3, 0.4) is 0 Å². The van der Waals surface area contributed by atoms with Crippen molar-refractivity contribution in [2.24, 2.45) is 0 Å². The van der Waals surface area contributed by atoms with Crippen LogP contribution >= 0.6 is 0 Å². The Morgan fingerprint density at radius 1 is 1.27 bits per heavy atom. The average molecular weight is 306 g/mol. The number of anilines is 1. The molecule has 0 bridgehead atoms. The van der Waals surface area contributed by atoms with Crippen molar-refractivity contribution in [3.63, 3.8) is 0 Å². The van der Waals surface area contributed by atoms with E-state index in [0.717, 1.165) is 23.2 Å². The van der Waals surface area contributed by atoms with Crippen LogP contribution in [0, 0.1) is 6.92 Å². The first-order valence-corrected chi connectivity index (χ1v) is 7.46. The largest absolute Gasteiger partial charge is 0.459 e. The molecule has 1 aromatic rings. The van der Waals surface area contributed by atoms with Gasteiger partial charge in [-0.05, 0) is 45.2 Å². The highest BCUT2D eigenvalue weighted by atomic mass is 16.6. The number of esters is 1. The summed E-state index contributed by atoms with van der Waals surface area (Å²) in [4.78, 5) is 25.3. The lowest BCUT2D eigenvalue weighted by Crippen LogP contribution is -2.38. The normalized spacial score (nSPS) is 11.0. The molecule has 1 aromatic carbocycles. The summed E-state index contributed by atoms with van der Waals surface area (Å²) in [5.74, 6) is -0.425. The average Bonchev–Trinajstić information content (AvgIpc) is 2.38. The number of carbonyl (C=O) groups is 2. The number of aryl methyl sites for hydroxylation is 2. The summed E-state index contributed by atoms with van der Waals surface area (Å²) in [7, 11) is 1.57. The van der Waals surface area contributed by atoms with Gasteiger partial charge in [0.25, 0.3) is 0 Å². The Hall–Kier alpha value is -2.04. The van der Waals surface area contributed by atoms with E-state index in [2.05, 4.69) is 5.32 Å². The number of hydrogen-bond acceptors (Lipinski definition) is 3. The van der Waals surface area contributed by atoms with Crippen LogP contribution in [0.2, 0.25) is 0 Å². The van der Waals surface area contributed by atoms with E-state index in [1.165, 1.54) is 4.90 Å². The fourth-order valence-corrected chi connectivity index (χ4v) is 2.04. The third kappa shape index (κ3) is 5.39. The van der Waals surface area contributed by atoms with Gasteiger partial charge in [0, 0.05) is 12.7 Å². The molecule has 5 heteroatoms. The summed E-state index contributed by atoms with van der Waals surface area (Å²) >= 11 is 0. The second-order valence-electron chi connectivity index (χ2n) is 6.34. The van der Waals surface area contributed by atoms with E-state index < -0.39 is 11.6 Å². The molecule has 5 nitrogen and oxygen atoms in total. The molecule has 0 aliphatic heterocycles. The maximum Gasteiger partial charge on any atom is 0.326 e. The van der Waals surface area contributed by atoms with Crippen molar-refractivity contribution in [3.8, 4) is 0 Å². The zero-order chi connectivity index (χ0) is 16.9. The third-order valence-corrected chi connectivity index (χ3v) is 3.10. The van der Waals surface area contributed by atoms with Gasteiger partial charge < -0.3 is 15.0 Å². The molecule has 2 amide bonds. The number of para-hydroxylation sites is 1. The van der Waals surface area contributed by atoms with E-state index in [-0.39, 0.29) is 12.6 Å². The quantitative estimate of drug-likeness (QED) is 0.868. The topological polar surface area (TPSA) is 58.6 Å². The number of amides is 2. The summed E-state index contributed by atoms with van der Waals surface area (Å²) in [6.07, 6.45) is 0.826. The summed E-state index contributed by atoms with van der Waals surface area (Å²) in [6, 6.07) is 5.57. The van der Waals surface area contributed by atoms with Gasteiger partial charge in [0.2, 0.25) is 0 Å². The number of likely N-dealkylation sites (N-methyl/N-ethyl adjacent to an activating group) is 1. The lowest BCUT2D eigenvalue weighted by atomic mass is 10.1. The molecule has 122 valence electrons. The summed E-state index contributed by atoms with van der Waals surface area (Å²) in [5.41, 5.74) is 2.32. The Bertz CT molecular complexity index is 547. The van der Waals surface area contributed by atoms with Crippen molar-refractivity contribution in [2.45, 2.75) is 46.6 Å².